The van der Waals surface area contributed by atoms with E-state index in [-0.39, 0.29) is 17.9 Å². The van der Waals surface area contributed by atoms with Crippen LogP contribution >= 0.6 is 0 Å². The van der Waals surface area contributed by atoms with Gasteiger partial charge in [0.2, 0.25) is 0 Å². The van der Waals surface area contributed by atoms with Gasteiger partial charge in [-0.15, -0.1) is 0 Å². The van der Waals surface area contributed by atoms with Crippen LogP contribution < -0.4 is 10.1 Å². The van der Waals surface area contributed by atoms with E-state index >= 15 is 0 Å². The number of nitrogens with zero attached hydrogens (tertiary/aromatic N) is 1. The molecule has 7 nitrogen and oxygen atoms in total. The first-order valence-electron chi connectivity index (χ1n) is 10.3. The van der Waals surface area contributed by atoms with Crippen molar-refractivity contribution in [1.82, 2.24) is 4.90 Å². The van der Waals surface area contributed by atoms with Gasteiger partial charge in [-0.05, 0) is 61.4 Å². The number of carbonyl (C=O) groups is 2. The summed E-state index contributed by atoms with van der Waals surface area (Å²) in [4.78, 5) is 26.8. The molecule has 2 saturated heterocycles. The molecule has 0 aliphatic carbocycles. The molecule has 2 aromatic carbocycles. The van der Waals surface area contributed by atoms with E-state index in [0.717, 1.165) is 19.4 Å². The van der Waals surface area contributed by atoms with Crippen LogP contribution in [0.1, 0.15) is 33.6 Å². The van der Waals surface area contributed by atoms with Gasteiger partial charge in [0.15, 0.2) is 0 Å². The fraction of sp³-hybridized carbons (Fsp3) is 0.391. The molecule has 0 spiro atoms. The highest BCUT2D eigenvalue weighted by Gasteiger charge is 2.19. The van der Waals surface area contributed by atoms with Crippen molar-refractivity contribution in [3.05, 3.63) is 59.7 Å². The molecule has 2 aliphatic rings. The van der Waals surface area contributed by atoms with Gasteiger partial charge in [0.25, 0.3) is 11.8 Å². The fourth-order valence-electron chi connectivity index (χ4n) is 3.52. The van der Waals surface area contributed by atoms with Gasteiger partial charge in [0.05, 0.1) is 19.3 Å². The van der Waals surface area contributed by atoms with Crippen molar-refractivity contribution in [3.63, 3.8) is 0 Å². The summed E-state index contributed by atoms with van der Waals surface area (Å²) in [6.45, 7) is 3.67. The topological polar surface area (TPSA) is 77.1 Å². The van der Waals surface area contributed by atoms with Crippen LogP contribution in [0.2, 0.25) is 0 Å². The third kappa shape index (κ3) is 5.17. The Labute approximate surface area is 175 Å². The van der Waals surface area contributed by atoms with Crippen LogP contribution in [-0.2, 0) is 9.47 Å². The van der Waals surface area contributed by atoms with E-state index in [1.54, 1.807) is 53.4 Å². The number of benzene rings is 2. The minimum atomic E-state index is -0.215. The van der Waals surface area contributed by atoms with Crippen molar-refractivity contribution in [3.8, 4) is 5.75 Å². The van der Waals surface area contributed by atoms with E-state index in [1.807, 2.05) is 0 Å². The van der Waals surface area contributed by atoms with Crippen LogP contribution in [0.25, 0.3) is 0 Å². The molecule has 0 aromatic heterocycles. The van der Waals surface area contributed by atoms with Crippen LogP contribution in [0, 0.1) is 0 Å². The zero-order chi connectivity index (χ0) is 20.8. The van der Waals surface area contributed by atoms with Gasteiger partial charge in [-0.1, -0.05) is 0 Å². The van der Waals surface area contributed by atoms with Gasteiger partial charge < -0.3 is 24.4 Å². The Morgan fingerprint density at radius 1 is 0.967 bits per heavy atom. The number of hydrogen-bond donors (Lipinski definition) is 1. The standard InChI is InChI=1S/C23H26N2O5/c26-22(17-5-9-20(10-6-17)30-16-21-2-1-13-29-21)24-19-7-3-18(4-8-19)23(27)25-11-14-28-15-12-25/h3-10,21H,1-2,11-16H2,(H,24,26)/t21-/m0/s1. The average Bonchev–Trinajstić information content (AvgIpc) is 3.32. The van der Waals surface area contributed by atoms with E-state index in [9.17, 15) is 9.59 Å². The maximum Gasteiger partial charge on any atom is 0.255 e. The minimum absolute atomic E-state index is 0.0187. The smallest absolute Gasteiger partial charge is 0.255 e. The molecule has 4 rings (SSSR count). The number of amides is 2. The molecule has 7 heteroatoms. The Bertz CT molecular complexity index is 854. The van der Waals surface area contributed by atoms with E-state index < -0.39 is 0 Å². The molecule has 0 saturated carbocycles. The first-order chi connectivity index (χ1) is 14.7. The maximum absolute atomic E-state index is 12.5. The zero-order valence-corrected chi connectivity index (χ0v) is 16.8. The van der Waals surface area contributed by atoms with Crippen molar-refractivity contribution in [1.29, 1.82) is 0 Å². The highest BCUT2D eigenvalue weighted by molar-refractivity contribution is 6.04. The average molecular weight is 410 g/mol. The molecule has 1 N–H and O–H groups in total. The number of anilines is 1. The van der Waals surface area contributed by atoms with Crippen molar-refractivity contribution >= 4 is 17.5 Å². The Kier molecular flexibility index (Phi) is 6.61. The molecule has 2 amide bonds. The normalized spacial score (nSPS) is 18.8. The summed E-state index contributed by atoms with van der Waals surface area (Å²) in [6, 6.07) is 14.0. The van der Waals surface area contributed by atoms with E-state index in [1.165, 1.54) is 0 Å². The number of ether oxygens (including phenoxy) is 3. The van der Waals surface area contributed by atoms with E-state index in [2.05, 4.69) is 5.32 Å². The molecule has 158 valence electrons. The third-order valence-electron chi connectivity index (χ3n) is 5.26. The highest BCUT2D eigenvalue weighted by atomic mass is 16.5. The number of carbonyl (C=O) groups excluding carboxylic acids is 2. The van der Waals surface area contributed by atoms with Gasteiger partial charge in [-0.3, -0.25) is 9.59 Å². The molecule has 2 aromatic rings. The molecule has 0 unspecified atom stereocenters. The third-order valence-corrected chi connectivity index (χ3v) is 5.26. The highest BCUT2D eigenvalue weighted by Crippen LogP contribution is 2.18. The SMILES string of the molecule is O=C(Nc1ccc(C(=O)N2CCOCC2)cc1)c1ccc(OC[C@@H]2CCCO2)cc1. The van der Waals surface area contributed by atoms with Crippen molar-refractivity contribution in [2.45, 2.75) is 18.9 Å². The molecule has 2 aliphatic heterocycles. The predicted octanol–water partition coefficient (Wildman–Crippen LogP) is 2.97. The second-order valence-electron chi connectivity index (χ2n) is 7.41. The summed E-state index contributed by atoms with van der Waals surface area (Å²) in [5.41, 5.74) is 1.77. The Morgan fingerprint density at radius 2 is 1.67 bits per heavy atom. The summed E-state index contributed by atoms with van der Waals surface area (Å²) in [5, 5.41) is 2.86. The summed E-state index contributed by atoms with van der Waals surface area (Å²) in [5.74, 6) is 0.482. The lowest BCUT2D eigenvalue weighted by Crippen LogP contribution is -2.40. The molecule has 0 bridgehead atoms. The Morgan fingerprint density at radius 3 is 2.33 bits per heavy atom. The molecule has 2 fully saturated rings. The lowest BCUT2D eigenvalue weighted by atomic mass is 10.1. The van der Waals surface area contributed by atoms with Crippen LogP contribution in [-0.4, -0.2) is 62.3 Å². The van der Waals surface area contributed by atoms with Crippen LogP contribution in [0.5, 0.6) is 5.75 Å². The van der Waals surface area contributed by atoms with Crippen LogP contribution in [0.4, 0.5) is 5.69 Å². The van der Waals surface area contributed by atoms with E-state index in [4.69, 9.17) is 14.2 Å². The molecule has 0 radical (unpaired) electrons. The first-order valence-corrected chi connectivity index (χ1v) is 10.3. The zero-order valence-electron chi connectivity index (χ0n) is 16.8. The molecule has 1 atom stereocenters. The molecular formula is C23H26N2O5. The van der Waals surface area contributed by atoms with Gasteiger partial charge in [0.1, 0.15) is 12.4 Å². The Hall–Kier alpha value is -2.90. The predicted molar refractivity (Wildman–Crippen MR) is 112 cm³/mol. The summed E-state index contributed by atoms with van der Waals surface area (Å²) >= 11 is 0. The van der Waals surface area contributed by atoms with Gasteiger partial charge in [-0.2, -0.15) is 0 Å². The number of nitrogens with one attached hydrogen (secondary N) is 1. The number of rotatable bonds is 6. The molecule has 2 heterocycles. The quantitative estimate of drug-likeness (QED) is 0.792. The van der Waals surface area contributed by atoms with Gasteiger partial charge in [0, 0.05) is 36.5 Å². The fourth-order valence-corrected chi connectivity index (χ4v) is 3.52. The lowest BCUT2D eigenvalue weighted by molar-refractivity contribution is 0.0303. The van der Waals surface area contributed by atoms with Crippen LogP contribution in [0.15, 0.2) is 48.5 Å². The minimum Gasteiger partial charge on any atom is -0.491 e. The van der Waals surface area contributed by atoms with Crippen LogP contribution in [0.3, 0.4) is 0 Å². The Balaban J connectivity index is 1.30. The molecular weight excluding hydrogens is 384 g/mol. The second kappa shape index (κ2) is 9.73. The van der Waals surface area contributed by atoms with Gasteiger partial charge in [-0.25, -0.2) is 0 Å². The van der Waals surface area contributed by atoms with Crippen molar-refractivity contribution < 1.29 is 23.8 Å². The summed E-state index contributed by atoms with van der Waals surface area (Å²) in [6.07, 6.45) is 2.26. The van der Waals surface area contributed by atoms with Crippen molar-refractivity contribution in [2.24, 2.45) is 0 Å². The van der Waals surface area contributed by atoms with Crippen molar-refractivity contribution in [2.75, 3.05) is 44.8 Å². The van der Waals surface area contributed by atoms with Gasteiger partial charge >= 0.3 is 0 Å². The monoisotopic (exact) mass is 410 g/mol. The lowest BCUT2D eigenvalue weighted by Gasteiger charge is -2.26. The number of hydrogen-bond acceptors (Lipinski definition) is 5. The first kappa shape index (κ1) is 20.4. The van der Waals surface area contributed by atoms with E-state index in [0.29, 0.717) is 55.5 Å². The summed E-state index contributed by atoms with van der Waals surface area (Å²) < 4.78 is 16.6. The molecule has 30 heavy (non-hydrogen) atoms. The summed E-state index contributed by atoms with van der Waals surface area (Å²) in [7, 11) is 0. The maximum atomic E-state index is 12.5. The number of morpholine rings is 1. The largest absolute Gasteiger partial charge is 0.491 e. The second-order valence-corrected chi connectivity index (χ2v) is 7.41.